The van der Waals surface area contributed by atoms with Crippen molar-refractivity contribution in [2.75, 3.05) is 5.32 Å². The van der Waals surface area contributed by atoms with E-state index in [1.807, 2.05) is 5.32 Å². The molecule has 0 aliphatic heterocycles. The number of amides is 1. The average molecular weight is 340 g/mol. The average Bonchev–Trinajstić information content (AvgIpc) is 2.26. The summed E-state index contributed by atoms with van der Waals surface area (Å²) < 4.78 is 43.3. The molecule has 22 heavy (non-hydrogen) atoms. The number of nitrogens with one attached hydrogen (secondary N) is 1. The Kier molecular flexibility index (Phi) is 4.96. The van der Waals surface area contributed by atoms with Gasteiger partial charge in [-0.2, -0.15) is 13.2 Å². The number of hydrogen-bond acceptors (Lipinski definition) is 3. The van der Waals surface area contributed by atoms with Crippen LogP contribution >= 0.6 is 11.6 Å². The third-order valence-corrected chi connectivity index (χ3v) is 2.59. The fourth-order valence-corrected chi connectivity index (χ4v) is 1.76. The minimum atomic E-state index is -4.79. The van der Waals surface area contributed by atoms with Crippen LogP contribution in [0.3, 0.4) is 0 Å². The number of benzene rings is 1. The summed E-state index contributed by atoms with van der Waals surface area (Å²) in [4.78, 5) is 22.7. The molecule has 0 aromatic heterocycles. The number of ether oxygens (including phenoxy) is 1. The summed E-state index contributed by atoms with van der Waals surface area (Å²) in [5, 5.41) is 10.2. The van der Waals surface area contributed by atoms with Gasteiger partial charge in [0.05, 0.1) is 21.8 Å². The maximum Gasteiger partial charge on any atom is 0.417 e. The Morgan fingerprint density at radius 3 is 2.18 bits per heavy atom. The summed E-state index contributed by atoms with van der Waals surface area (Å²) in [6.07, 6.45) is -5.87. The van der Waals surface area contributed by atoms with E-state index in [2.05, 4.69) is 0 Å². The summed E-state index contributed by atoms with van der Waals surface area (Å²) in [7, 11) is 0. The summed E-state index contributed by atoms with van der Waals surface area (Å²) in [6.45, 7) is 4.65. The number of carboxylic acids is 1. The maximum absolute atomic E-state index is 12.8. The third-order valence-electron chi connectivity index (χ3n) is 2.28. The highest BCUT2D eigenvalue weighted by molar-refractivity contribution is 6.32. The van der Waals surface area contributed by atoms with Crippen LogP contribution in [0.25, 0.3) is 0 Å². The Bertz CT molecular complexity index is 609. The topological polar surface area (TPSA) is 75.6 Å². The van der Waals surface area contributed by atoms with Crippen molar-refractivity contribution < 1.29 is 32.6 Å². The van der Waals surface area contributed by atoms with Gasteiger partial charge in [0, 0.05) is 0 Å². The zero-order valence-electron chi connectivity index (χ0n) is 11.8. The molecule has 1 amide bonds. The van der Waals surface area contributed by atoms with Crippen LogP contribution < -0.4 is 5.32 Å². The first-order valence-electron chi connectivity index (χ1n) is 5.95. The quantitative estimate of drug-likeness (QED) is 0.837. The van der Waals surface area contributed by atoms with E-state index in [1.165, 1.54) is 0 Å². The first-order chi connectivity index (χ1) is 9.81. The Hall–Kier alpha value is -1.96. The van der Waals surface area contributed by atoms with Gasteiger partial charge >= 0.3 is 18.2 Å². The van der Waals surface area contributed by atoms with Crippen LogP contribution in [0.4, 0.5) is 23.7 Å². The number of hydrogen-bond donors (Lipinski definition) is 2. The zero-order valence-corrected chi connectivity index (χ0v) is 12.6. The van der Waals surface area contributed by atoms with Gasteiger partial charge in [0.2, 0.25) is 0 Å². The largest absolute Gasteiger partial charge is 0.478 e. The number of rotatable bonds is 2. The normalized spacial score (nSPS) is 12.0. The molecule has 0 radical (unpaired) electrons. The highest BCUT2D eigenvalue weighted by Crippen LogP contribution is 2.38. The second-order valence-electron chi connectivity index (χ2n) is 5.31. The van der Waals surface area contributed by atoms with Gasteiger partial charge in [0.25, 0.3) is 0 Å². The predicted octanol–water partition coefficient (Wildman–Crippen LogP) is 4.40. The van der Waals surface area contributed by atoms with Crippen molar-refractivity contribution in [2.45, 2.75) is 32.5 Å². The first-order valence-corrected chi connectivity index (χ1v) is 6.33. The molecule has 0 atom stereocenters. The highest BCUT2D eigenvalue weighted by Gasteiger charge is 2.35. The van der Waals surface area contributed by atoms with Gasteiger partial charge in [-0.15, -0.1) is 0 Å². The number of carbonyl (C=O) groups is 2. The lowest BCUT2D eigenvalue weighted by atomic mass is 10.1. The van der Waals surface area contributed by atoms with Crippen LogP contribution in [0.2, 0.25) is 5.02 Å². The summed E-state index contributed by atoms with van der Waals surface area (Å²) >= 11 is 5.45. The number of anilines is 1. The second kappa shape index (κ2) is 6.04. The first kappa shape index (κ1) is 18.1. The molecule has 0 fully saturated rings. The van der Waals surface area contributed by atoms with Gasteiger partial charge in [0.1, 0.15) is 5.60 Å². The maximum atomic E-state index is 12.8. The summed E-state index contributed by atoms with van der Waals surface area (Å²) in [5.41, 5.74) is -3.29. The number of halogens is 4. The fourth-order valence-electron chi connectivity index (χ4n) is 1.48. The minimum Gasteiger partial charge on any atom is -0.478 e. The van der Waals surface area contributed by atoms with Crippen molar-refractivity contribution in [3.8, 4) is 0 Å². The molecule has 0 bridgehead atoms. The van der Waals surface area contributed by atoms with E-state index < -0.39 is 45.7 Å². The van der Waals surface area contributed by atoms with Gasteiger partial charge in [-0.05, 0) is 32.9 Å². The molecule has 0 aliphatic rings. The Morgan fingerprint density at radius 2 is 1.77 bits per heavy atom. The molecular formula is C13H13ClF3NO4. The van der Waals surface area contributed by atoms with Crippen LogP contribution in [-0.4, -0.2) is 22.8 Å². The monoisotopic (exact) mass is 339 g/mol. The van der Waals surface area contributed by atoms with Crippen LogP contribution in [0, 0.1) is 0 Å². The smallest absolute Gasteiger partial charge is 0.417 e. The number of aromatic carboxylic acids is 1. The molecule has 0 heterocycles. The zero-order chi connectivity index (χ0) is 17.3. The van der Waals surface area contributed by atoms with E-state index in [1.54, 1.807) is 20.8 Å². The van der Waals surface area contributed by atoms with Gasteiger partial charge < -0.3 is 9.84 Å². The van der Waals surface area contributed by atoms with E-state index >= 15 is 0 Å². The molecule has 1 rings (SSSR count). The molecule has 1 aromatic rings. The molecule has 2 N–H and O–H groups in total. The van der Waals surface area contributed by atoms with E-state index in [9.17, 15) is 22.8 Å². The van der Waals surface area contributed by atoms with Crippen LogP contribution in [0.5, 0.6) is 0 Å². The molecule has 9 heteroatoms. The second-order valence-corrected chi connectivity index (χ2v) is 5.71. The molecule has 1 aromatic carbocycles. The third kappa shape index (κ3) is 4.80. The Balaban J connectivity index is 3.26. The Morgan fingerprint density at radius 1 is 1.23 bits per heavy atom. The van der Waals surface area contributed by atoms with Gasteiger partial charge in [-0.25, -0.2) is 9.59 Å². The Labute approximate surface area is 129 Å². The van der Waals surface area contributed by atoms with E-state index in [0.717, 1.165) is 0 Å². The SMILES string of the molecule is CC(C)(C)OC(=O)Nc1cc(C(F)(F)F)c(Cl)cc1C(=O)O. The number of carbonyl (C=O) groups excluding carboxylic acids is 1. The minimum absolute atomic E-state index is 0.454. The molecule has 0 saturated heterocycles. The number of alkyl halides is 3. The predicted molar refractivity (Wildman–Crippen MR) is 73.3 cm³/mol. The van der Waals surface area contributed by atoms with Crippen LogP contribution in [0.15, 0.2) is 12.1 Å². The van der Waals surface area contributed by atoms with Crippen molar-refractivity contribution in [3.05, 3.63) is 28.3 Å². The summed E-state index contributed by atoms with van der Waals surface area (Å²) in [5.74, 6) is -1.54. The van der Waals surface area contributed by atoms with Crippen molar-refractivity contribution in [3.63, 3.8) is 0 Å². The van der Waals surface area contributed by atoms with Gasteiger partial charge in [-0.1, -0.05) is 11.6 Å². The molecule has 0 unspecified atom stereocenters. The lowest BCUT2D eigenvalue weighted by Crippen LogP contribution is -2.28. The van der Waals surface area contributed by atoms with E-state index in [4.69, 9.17) is 21.4 Å². The molecule has 0 spiro atoms. The van der Waals surface area contributed by atoms with Crippen molar-refractivity contribution in [2.24, 2.45) is 0 Å². The van der Waals surface area contributed by atoms with Crippen LogP contribution in [-0.2, 0) is 10.9 Å². The van der Waals surface area contributed by atoms with Crippen molar-refractivity contribution in [1.82, 2.24) is 0 Å². The molecule has 122 valence electrons. The number of carboxylic acid groups (broad SMARTS) is 1. The van der Waals surface area contributed by atoms with E-state index in [-0.39, 0.29) is 0 Å². The standard InChI is InChI=1S/C13H13ClF3NO4/c1-12(2,3)22-11(21)18-9-5-7(13(15,16)17)8(14)4-6(9)10(19)20/h4-5H,1-3H3,(H,18,21)(H,19,20). The molecule has 0 saturated carbocycles. The van der Waals surface area contributed by atoms with Crippen molar-refractivity contribution >= 4 is 29.4 Å². The fraction of sp³-hybridized carbons (Fsp3) is 0.385. The molecule has 0 aliphatic carbocycles. The summed E-state index contributed by atoms with van der Waals surface area (Å²) in [6, 6.07) is 1.08. The van der Waals surface area contributed by atoms with Gasteiger partial charge in [0.15, 0.2) is 0 Å². The lowest BCUT2D eigenvalue weighted by molar-refractivity contribution is -0.137. The molecule has 5 nitrogen and oxygen atoms in total. The van der Waals surface area contributed by atoms with Gasteiger partial charge in [-0.3, -0.25) is 5.32 Å². The molecular weight excluding hydrogens is 327 g/mol. The van der Waals surface area contributed by atoms with Crippen molar-refractivity contribution in [1.29, 1.82) is 0 Å². The van der Waals surface area contributed by atoms with Crippen LogP contribution in [0.1, 0.15) is 36.7 Å². The lowest BCUT2D eigenvalue weighted by Gasteiger charge is -2.20. The highest BCUT2D eigenvalue weighted by atomic mass is 35.5. The van der Waals surface area contributed by atoms with E-state index in [0.29, 0.717) is 12.1 Å².